The van der Waals surface area contributed by atoms with Gasteiger partial charge in [0.1, 0.15) is 6.10 Å². The molecule has 23 heavy (non-hydrogen) atoms. The first kappa shape index (κ1) is 18.3. The standard InChI is InChI=1S/C21H34O2/c1-3-5-7-17-9-13-19(14-10-17)21(22)23-20-15-11-18(12-16-20)8-6-4-2/h5-8,17-20H,3-4,9-16H2,1-2H3. The van der Waals surface area contributed by atoms with Gasteiger partial charge in [0.15, 0.2) is 0 Å². The van der Waals surface area contributed by atoms with Crippen LogP contribution in [0, 0.1) is 17.8 Å². The molecule has 0 N–H and O–H groups in total. The van der Waals surface area contributed by atoms with Gasteiger partial charge in [-0.25, -0.2) is 0 Å². The molecule has 0 atom stereocenters. The van der Waals surface area contributed by atoms with E-state index in [-0.39, 0.29) is 18.0 Å². The Kier molecular flexibility index (Phi) is 7.91. The van der Waals surface area contributed by atoms with Gasteiger partial charge in [-0.1, -0.05) is 38.2 Å². The van der Waals surface area contributed by atoms with Crippen LogP contribution in [0.3, 0.4) is 0 Å². The molecule has 0 saturated heterocycles. The number of hydrogen-bond acceptors (Lipinski definition) is 2. The van der Waals surface area contributed by atoms with E-state index in [2.05, 4.69) is 38.2 Å². The van der Waals surface area contributed by atoms with Crippen molar-refractivity contribution in [2.24, 2.45) is 17.8 Å². The van der Waals surface area contributed by atoms with Crippen LogP contribution in [-0.2, 0) is 9.53 Å². The van der Waals surface area contributed by atoms with Crippen LogP contribution in [0.15, 0.2) is 24.3 Å². The Morgan fingerprint density at radius 2 is 1.30 bits per heavy atom. The van der Waals surface area contributed by atoms with Gasteiger partial charge in [0, 0.05) is 0 Å². The van der Waals surface area contributed by atoms with Gasteiger partial charge in [-0.3, -0.25) is 4.79 Å². The average Bonchev–Trinajstić information content (AvgIpc) is 2.59. The Morgan fingerprint density at radius 1 is 0.826 bits per heavy atom. The predicted octanol–water partition coefficient (Wildman–Crippen LogP) is 5.83. The fourth-order valence-electron chi connectivity index (χ4n) is 3.86. The van der Waals surface area contributed by atoms with E-state index in [4.69, 9.17) is 4.74 Å². The Hall–Kier alpha value is -1.05. The Balaban J connectivity index is 1.68. The summed E-state index contributed by atoms with van der Waals surface area (Å²) in [6.07, 6.45) is 20.3. The van der Waals surface area contributed by atoms with Crippen molar-refractivity contribution in [1.29, 1.82) is 0 Å². The fourth-order valence-corrected chi connectivity index (χ4v) is 3.86. The largest absolute Gasteiger partial charge is 0.462 e. The summed E-state index contributed by atoms with van der Waals surface area (Å²) in [6, 6.07) is 0. The molecular formula is C21H34O2. The van der Waals surface area contributed by atoms with Crippen molar-refractivity contribution >= 4 is 5.97 Å². The zero-order valence-corrected chi connectivity index (χ0v) is 15.0. The zero-order chi connectivity index (χ0) is 16.5. The third-order valence-corrected chi connectivity index (χ3v) is 5.39. The van der Waals surface area contributed by atoms with Crippen LogP contribution in [-0.4, -0.2) is 12.1 Å². The van der Waals surface area contributed by atoms with E-state index in [1.54, 1.807) is 0 Å². The third kappa shape index (κ3) is 6.16. The maximum atomic E-state index is 12.4. The average molecular weight is 319 g/mol. The topological polar surface area (TPSA) is 26.3 Å². The van der Waals surface area contributed by atoms with Crippen molar-refractivity contribution in [3.8, 4) is 0 Å². The number of rotatable bonds is 6. The lowest BCUT2D eigenvalue weighted by molar-refractivity contribution is -0.157. The second-order valence-corrected chi connectivity index (χ2v) is 7.26. The first-order valence-corrected chi connectivity index (χ1v) is 9.76. The first-order chi connectivity index (χ1) is 11.2. The molecule has 2 aliphatic rings. The molecule has 2 saturated carbocycles. The first-order valence-electron chi connectivity index (χ1n) is 9.76. The lowest BCUT2D eigenvalue weighted by Gasteiger charge is -2.30. The van der Waals surface area contributed by atoms with Crippen LogP contribution in [0.25, 0.3) is 0 Å². The van der Waals surface area contributed by atoms with E-state index >= 15 is 0 Å². The van der Waals surface area contributed by atoms with E-state index in [0.29, 0.717) is 11.8 Å². The second kappa shape index (κ2) is 9.95. The molecule has 2 nitrogen and oxygen atoms in total. The Bertz CT molecular complexity index is 394. The number of esters is 1. The van der Waals surface area contributed by atoms with Crippen LogP contribution in [0.2, 0.25) is 0 Å². The molecule has 2 rings (SSSR count). The lowest BCUT2D eigenvalue weighted by atomic mass is 9.81. The summed E-state index contributed by atoms with van der Waals surface area (Å²) in [7, 11) is 0. The van der Waals surface area contributed by atoms with Crippen LogP contribution in [0.1, 0.15) is 78.1 Å². The number of hydrogen-bond donors (Lipinski definition) is 0. The molecular weight excluding hydrogens is 284 g/mol. The summed E-state index contributed by atoms with van der Waals surface area (Å²) in [5.74, 6) is 1.61. The number of allylic oxidation sites excluding steroid dienone is 4. The molecule has 130 valence electrons. The summed E-state index contributed by atoms with van der Waals surface area (Å²) in [5, 5.41) is 0. The van der Waals surface area contributed by atoms with Gasteiger partial charge in [0.25, 0.3) is 0 Å². The lowest BCUT2D eigenvalue weighted by Crippen LogP contribution is -2.29. The highest BCUT2D eigenvalue weighted by atomic mass is 16.5. The minimum atomic E-state index is 0.0791. The second-order valence-electron chi connectivity index (χ2n) is 7.26. The molecule has 2 aliphatic carbocycles. The van der Waals surface area contributed by atoms with Crippen molar-refractivity contribution in [2.45, 2.75) is 84.2 Å². The summed E-state index contributed by atoms with van der Waals surface area (Å²) in [6.45, 7) is 4.35. The predicted molar refractivity (Wildman–Crippen MR) is 96.1 cm³/mol. The number of ether oxygens (including phenoxy) is 1. The highest BCUT2D eigenvalue weighted by Crippen LogP contribution is 2.32. The normalized spacial score (nSPS) is 32.4. The monoisotopic (exact) mass is 318 g/mol. The highest BCUT2D eigenvalue weighted by molar-refractivity contribution is 5.72. The van der Waals surface area contributed by atoms with Gasteiger partial charge >= 0.3 is 5.97 Å². The van der Waals surface area contributed by atoms with Gasteiger partial charge in [-0.15, -0.1) is 0 Å². The number of carbonyl (C=O) groups is 1. The summed E-state index contributed by atoms with van der Waals surface area (Å²) < 4.78 is 5.82. The molecule has 0 aromatic heterocycles. The van der Waals surface area contributed by atoms with Crippen LogP contribution in [0.5, 0.6) is 0 Å². The summed E-state index contributed by atoms with van der Waals surface area (Å²) >= 11 is 0. The summed E-state index contributed by atoms with van der Waals surface area (Å²) in [4.78, 5) is 12.4. The molecule has 2 fully saturated rings. The van der Waals surface area contributed by atoms with Crippen molar-refractivity contribution in [1.82, 2.24) is 0 Å². The molecule has 0 unspecified atom stereocenters. The minimum absolute atomic E-state index is 0.0791. The van der Waals surface area contributed by atoms with E-state index in [0.717, 1.165) is 51.4 Å². The van der Waals surface area contributed by atoms with Gasteiger partial charge in [-0.05, 0) is 76.0 Å². The maximum absolute atomic E-state index is 12.4. The maximum Gasteiger partial charge on any atom is 0.309 e. The smallest absolute Gasteiger partial charge is 0.309 e. The molecule has 0 bridgehead atoms. The minimum Gasteiger partial charge on any atom is -0.462 e. The molecule has 0 aliphatic heterocycles. The van der Waals surface area contributed by atoms with Crippen molar-refractivity contribution in [3.63, 3.8) is 0 Å². The van der Waals surface area contributed by atoms with E-state index in [1.807, 2.05) is 0 Å². The number of carbonyl (C=O) groups excluding carboxylic acids is 1. The van der Waals surface area contributed by atoms with Crippen molar-refractivity contribution in [3.05, 3.63) is 24.3 Å². The molecule has 0 spiro atoms. The van der Waals surface area contributed by atoms with E-state index in [1.165, 1.54) is 12.8 Å². The SMILES string of the molecule is CCC=CC1CCC(OC(=O)C2CCC(C=CCC)CC2)CC1. The quantitative estimate of drug-likeness (QED) is 0.455. The van der Waals surface area contributed by atoms with Crippen LogP contribution < -0.4 is 0 Å². The molecule has 0 heterocycles. The van der Waals surface area contributed by atoms with Gasteiger partial charge in [0.2, 0.25) is 0 Å². The van der Waals surface area contributed by atoms with Gasteiger partial charge < -0.3 is 4.74 Å². The highest BCUT2D eigenvalue weighted by Gasteiger charge is 2.29. The Labute approximate surface area is 142 Å². The van der Waals surface area contributed by atoms with E-state index in [9.17, 15) is 4.79 Å². The van der Waals surface area contributed by atoms with Crippen LogP contribution >= 0.6 is 0 Å². The third-order valence-electron chi connectivity index (χ3n) is 5.39. The summed E-state index contributed by atoms with van der Waals surface area (Å²) in [5.41, 5.74) is 0. The fraction of sp³-hybridized carbons (Fsp3) is 0.762. The van der Waals surface area contributed by atoms with Gasteiger partial charge in [0.05, 0.1) is 5.92 Å². The molecule has 0 aromatic carbocycles. The molecule has 2 heteroatoms. The molecule has 0 aromatic rings. The van der Waals surface area contributed by atoms with Crippen LogP contribution in [0.4, 0.5) is 0 Å². The van der Waals surface area contributed by atoms with E-state index < -0.39 is 0 Å². The van der Waals surface area contributed by atoms with Gasteiger partial charge in [-0.2, -0.15) is 0 Å². The Morgan fingerprint density at radius 3 is 1.78 bits per heavy atom. The van der Waals surface area contributed by atoms with Crippen molar-refractivity contribution < 1.29 is 9.53 Å². The molecule has 0 amide bonds. The zero-order valence-electron chi connectivity index (χ0n) is 15.0. The van der Waals surface area contributed by atoms with Crippen molar-refractivity contribution in [2.75, 3.05) is 0 Å². The molecule has 0 radical (unpaired) electrons.